The van der Waals surface area contributed by atoms with Crippen molar-refractivity contribution in [1.82, 2.24) is 20.4 Å². The van der Waals surface area contributed by atoms with Crippen LogP contribution in [0.15, 0.2) is 89.4 Å². The second-order valence-electron chi connectivity index (χ2n) is 5.95. The van der Waals surface area contributed by atoms with Gasteiger partial charge in [0.1, 0.15) is 0 Å². The van der Waals surface area contributed by atoms with Gasteiger partial charge >= 0.3 is 0 Å². The van der Waals surface area contributed by atoms with E-state index in [1.807, 2.05) is 54.6 Å². The largest absolute Gasteiger partial charge is 0.333 e. The molecule has 138 valence electrons. The first kappa shape index (κ1) is 17.9. The van der Waals surface area contributed by atoms with E-state index in [-0.39, 0.29) is 5.91 Å². The molecule has 0 fully saturated rings. The number of pyridine rings is 1. The molecule has 0 unspecified atom stereocenters. The van der Waals surface area contributed by atoms with E-state index in [0.717, 1.165) is 27.5 Å². The summed E-state index contributed by atoms with van der Waals surface area (Å²) in [5.74, 6) is 0.282. The summed E-state index contributed by atoms with van der Waals surface area (Å²) in [5, 5.41) is 5.18. The fourth-order valence-electron chi connectivity index (χ4n) is 2.63. The van der Waals surface area contributed by atoms with Crippen LogP contribution in [0.5, 0.6) is 0 Å². The van der Waals surface area contributed by atoms with E-state index >= 15 is 0 Å². The zero-order valence-corrected chi connectivity index (χ0v) is 15.7. The summed E-state index contributed by atoms with van der Waals surface area (Å²) < 4.78 is 0. The predicted molar refractivity (Wildman–Crippen MR) is 111 cm³/mol. The number of benzene rings is 2. The Bertz CT molecular complexity index is 1080. The number of aromatic nitrogens is 3. The van der Waals surface area contributed by atoms with Gasteiger partial charge in [-0.2, -0.15) is 5.10 Å². The lowest BCUT2D eigenvalue weighted by molar-refractivity contribution is 0.0954. The normalized spacial score (nSPS) is 11.5. The van der Waals surface area contributed by atoms with Crippen LogP contribution in [0.2, 0.25) is 0 Å². The fraction of sp³-hybridized carbons (Fsp3) is 0.0476. The highest BCUT2D eigenvalue weighted by Gasteiger charge is 2.10. The molecule has 1 amide bonds. The number of hydrazone groups is 1. The Morgan fingerprint density at radius 1 is 0.964 bits per heavy atom. The van der Waals surface area contributed by atoms with Crippen LogP contribution < -0.4 is 5.43 Å². The van der Waals surface area contributed by atoms with Gasteiger partial charge in [-0.25, -0.2) is 10.4 Å². The molecule has 4 rings (SSSR count). The highest BCUT2D eigenvalue weighted by molar-refractivity contribution is 7.99. The van der Waals surface area contributed by atoms with Crippen LogP contribution in [0, 0.1) is 0 Å². The molecule has 7 heteroatoms. The molecule has 0 bridgehead atoms. The van der Waals surface area contributed by atoms with Crippen molar-refractivity contribution in [2.24, 2.45) is 5.10 Å². The molecule has 0 radical (unpaired) electrons. The summed E-state index contributed by atoms with van der Waals surface area (Å²) in [4.78, 5) is 24.1. The quantitative estimate of drug-likeness (QED) is 0.299. The Morgan fingerprint density at radius 3 is 2.50 bits per heavy atom. The van der Waals surface area contributed by atoms with Gasteiger partial charge in [0.2, 0.25) is 0 Å². The molecule has 2 aromatic heterocycles. The number of fused-ring (bicyclic) bond motifs is 1. The lowest BCUT2D eigenvalue weighted by atomic mass is 10.1. The molecule has 0 aliphatic heterocycles. The number of para-hydroxylation sites is 2. The maximum Gasteiger partial charge on any atom is 0.271 e. The van der Waals surface area contributed by atoms with E-state index in [9.17, 15) is 4.79 Å². The van der Waals surface area contributed by atoms with Crippen LogP contribution in [0.3, 0.4) is 0 Å². The third-order valence-electron chi connectivity index (χ3n) is 4.06. The van der Waals surface area contributed by atoms with E-state index in [4.69, 9.17) is 0 Å². The number of rotatable bonds is 6. The fourth-order valence-corrected chi connectivity index (χ4v) is 3.48. The molecule has 0 aliphatic rings. The van der Waals surface area contributed by atoms with E-state index in [0.29, 0.717) is 11.3 Å². The standard InChI is InChI=1S/C21H17N5OS/c27-20(16-10-12-22-13-11-16)26-25-19(15-6-2-1-3-7-15)14-28-21-23-17-8-4-5-9-18(17)24-21/h1-13H,14H2,(H,23,24)(H,26,27)/b25-19-. The van der Waals surface area contributed by atoms with Gasteiger partial charge in [0.15, 0.2) is 5.16 Å². The van der Waals surface area contributed by atoms with Crippen LogP contribution in [-0.2, 0) is 0 Å². The molecule has 6 nitrogen and oxygen atoms in total. The summed E-state index contributed by atoms with van der Waals surface area (Å²) in [6, 6.07) is 21.0. The highest BCUT2D eigenvalue weighted by Crippen LogP contribution is 2.20. The van der Waals surface area contributed by atoms with Crippen molar-refractivity contribution in [3.8, 4) is 0 Å². The maximum atomic E-state index is 12.3. The summed E-state index contributed by atoms with van der Waals surface area (Å²) >= 11 is 1.54. The first-order valence-corrected chi connectivity index (χ1v) is 9.68. The molecule has 2 aromatic carbocycles. The number of aromatic amines is 1. The number of H-pyrrole nitrogens is 1. The first-order valence-electron chi connectivity index (χ1n) is 8.69. The highest BCUT2D eigenvalue weighted by atomic mass is 32.2. The number of nitrogens with one attached hydrogen (secondary N) is 2. The van der Waals surface area contributed by atoms with Gasteiger partial charge in [0.05, 0.1) is 16.7 Å². The van der Waals surface area contributed by atoms with Crippen molar-refractivity contribution in [3.05, 3.63) is 90.3 Å². The topological polar surface area (TPSA) is 83.0 Å². The second kappa shape index (κ2) is 8.49. The lowest BCUT2D eigenvalue weighted by Gasteiger charge is -2.07. The monoisotopic (exact) mass is 387 g/mol. The molecule has 0 aliphatic carbocycles. The van der Waals surface area contributed by atoms with E-state index in [2.05, 4.69) is 25.5 Å². The van der Waals surface area contributed by atoms with Crippen LogP contribution >= 0.6 is 11.8 Å². The van der Waals surface area contributed by atoms with Crippen molar-refractivity contribution < 1.29 is 4.79 Å². The average molecular weight is 387 g/mol. The van der Waals surface area contributed by atoms with Crippen molar-refractivity contribution in [2.45, 2.75) is 5.16 Å². The molecular formula is C21H17N5OS. The van der Waals surface area contributed by atoms with E-state index < -0.39 is 0 Å². The molecule has 28 heavy (non-hydrogen) atoms. The number of hydrogen-bond donors (Lipinski definition) is 2. The third-order valence-corrected chi connectivity index (χ3v) is 4.94. The molecule has 2 N–H and O–H groups in total. The molecule has 0 atom stereocenters. The van der Waals surface area contributed by atoms with Gasteiger partial charge in [-0.05, 0) is 29.8 Å². The maximum absolute atomic E-state index is 12.3. The predicted octanol–water partition coefficient (Wildman–Crippen LogP) is 3.88. The van der Waals surface area contributed by atoms with Crippen molar-refractivity contribution in [2.75, 3.05) is 5.75 Å². The molecule has 2 heterocycles. The number of carbonyl (C=O) groups excluding carboxylic acids is 1. The van der Waals surface area contributed by atoms with Gasteiger partial charge in [-0.3, -0.25) is 9.78 Å². The number of nitrogens with zero attached hydrogens (tertiary/aromatic N) is 3. The van der Waals surface area contributed by atoms with Crippen LogP contribution in [0.25, 0.3) is 11.0 Å². The Kier molecular flexibility index (Phi) is 5.44. The Hall–Kier alpha value is -3.45. The third kappa shape index (κ3) is 4.27. The molecule has 0 saturated heterocycles. The SMILES string of the molecule is O=C(N/N=C(/CSc1nc2ccccc2[nH]1)c1ccccc1)c1ccncc1. The first-order chi connectivity index (χ1) is 13.8. The number of carbonyl (C=O) groups is 1. The van der Waals surface area contributed by atoms with Gasteiger partial charge in [0.25, 0.3) is 5.91 Å². The molecular weight excluding hydrogens is 370 g/mol. The number of thioether (sulfide) groups is 1. The van der Waals surface area contributed by atoms with Crippen LogP contribution in [0.1, 0.15) is 15.9 Å². The Labute approximate surface area is 166 Å². The minimum Gasteiger partial charge on any atom is -0.333 e. The number of imidazole rings is 1. The lowest BCUT2D eigenvalue weighted by Crippen LogP contribution is -2.21. The summed E-state index contributed by atoms with van der Waals surface area (Å²) in [7, 11) is 0. The van der Waals surface area contributed by atoms with Crippen molar-refractivity contribution >= 4 is 34.4 Å². The van der Waals surface area contributed by atoms with E-state index in [1.54, 1.807) is 24.5 Å². The Morgan fingerprint density at radius 2 is 1.71 bits per heavy atom. The smallest absolute Gasteiger partial charge is 0.271 e. The summed E-state index contributed by atoms with van der Waals surface area (Å²) in [6.45, 7) is 0. The molecule has 0 saturated carbocycles. The van der Waals surface area contributed by atoms with E-state index in [1.165, 1.54) is 11.8 Å². The second-order valence-corrected chi connectivity index (χ2v) is 6.91. The van der Waals surface area contributed by atoms with Gasteiger partial charge in [0, 0.05) is 23.7 Å². The number of hydrogen-bond acceptors (Lipinski definition) is 5. The minimum absolute atomic E-state index is 0.274. The molecule has 0 spiro atoms. The number of amides is 1. The summed E-state index contributed by atoms with van der Waals surface area (Å²) in [6.07, 6.45) is 3.16. The zero-order valence-electron chi connectivity index (χ0n) is 14.9. The average Bonchev–Trinajstić information content (AvgIpc) is 3.18. The zero-order chi connectivity index (χ0) is 19.2. The van der Waals surface area contributed by atoms with Gasteiger partial charge < -0.3 is 4.98 Å². The van der Waals surface area contributed by atoms with Gasteiger partial charge in [-0.1, -0.05) is 54.2 Å². The summed E-state index contributed by atoms with van der Waals surface area (Å²) in [5.41, 5.74) is 6.77. The minimum atomic E-state index is -0.274. The van der Waals surface area contributed by atoms with Crippen LogP contribution in [-0.4, -0.2) is 32.3 Å². The van der Waals surface area contributed by atoms with Crippen molar-refractivity contribution in [3.63, 3.8) is 0 Å². The van der Waals surface area contributed by atoms with Crippen molar-refractivity contribution in [1.29, 1.82) is 0 Å². The van der Waals surface area contributed by atoms with Crippen LogP contribution in [0.4, 0.5) is 0 Å². The Balaban J connectivity index is 1.52. The molecule has 4 aromatic rings. The van der Waals surface area contributed by atoms with Gasteiger partial charge in [-0.15, -0.1) is 0 Å².